The van der Waals surface area contributed by atoms with Gasteiger partial charge in [-0.15, -0.1) is 0 Å². The van der Waals surface area contributed by atoms with Gasteiger partial charge in [-0.2, -0.15) is 5.48 Å². The van der Waals surface area contributed by atoms with Gasteiger partial charge in [0.05, 0.1) is 12.6 Å². The van der Waals surface area contributed by atoms with Crippen LogP contribution in [0.15, 0.2) is 18.2 Å². The van der Waals surface area contributed by atoms with Gasteiger partial charge in [-0.25, -0.2) is 0 Å². The van der Waals surface area contributed by atoms with Gasteiger partial charge in [-0.05, 0) is 18.2 Å². The van der Waals surface area contributed by atoms with Crippen LogP contribution in [-0.2, 0) is 9.63 Å². The Kier molecular flexibility index (Phi) is 5.67. The summed E-state index contributed by atoms with van der Waals surface area (Å²) < 4.78 is 0. The van der Waals surface area contributed by atoms with Crippen molar-refractivity contribution in [3.05, 3.63) is 33.8 Å². The highest BCUT2D eigenvalue weighted by Gasteiger charge is 2.12. The van der Waals surface area contributed by atoms with Crippen LogP contribution in [0.4, 0.5) is 0 Å². The van der Waals surface area contributed by atoms with Crippen LogP contribution < -0.4 is 11.2 Å². The third kappa shape index (κ3) is 4.89. The van der Waals surface area contributed by atoms with Gasteiger partial charge >= 0.3 is 0 Å². The molecule has 0 aromatic heterocycles. The number of amides is 1. The third-order valence-electron chi connectivity index (χ3n) is 1.91. The number of primary amides is 1. The number of nitrogens with one attached hydrogen (secondary N) is 1. The summed E-state index contributed by atoms with van der Waals surface area (Å²) in [4.78, 5) is 15.1. The zero-order valence-corrected chi connectivity index (χ0v) is 10.3. The summed E-state index contributed by atoms with van der Waals surface area (Å²) in [7, 11) is 0. The van der Waals surface area contributed by atoms with Crippen molar-refractivity contribution in [2.45, 2.75) is 6.10 Å². The molecule has 7 heteroatoms. The Morgan fingerprint density at radius 1 is 1.53 bits per heavy atom. The zero-order chi connectivity index (χ0) is 12.8. The molecule has 0 saturated carbocycles. The monoisotopic (exact) mass is 278 g/mol. The molecule has 1 atom stereocenters. The Labute approximate surface area is 108 Å². The number of carbonyl (C=O) groups excluding carboxylic acids is 1. The fourth-order valence-electron chi connectivity index (χ4n) is 1.14. The molecule has 17 heavy (non-hydrogen) atoms. The number of rotatable bonds is 6. The maximum atomic E-state index is 10.4. The summed E-state index contributed by atoms with van der Waals surface area (Å²) in [5.41, 5.74) is 7.75. The van der Waals surface area contributed by atoms with E-state index in [4.69, 9.17) is 33.8 Å². The van der Waals surface area contributed by atoms with Crippen molar-refractivity contribution in [1.82, 2.24) is 5.48 Å². The quantitative estimate of drug-likeness (QED) is 0.536. The van der Waals surface area contributed by atoms with Crippen LogP contribution in [0.3, 0.4) is 0 Å². The molecule has 1 unspecified atom stereocenters. The number of aliphatic hydroxyl groups excluding tert-OH is 1. The minimum atomic E-state index is -0.894. The highest BCUT2D eigenvalue weighted by molar-refractivity contribution is 6.33. The van der Waals surface area contributed by atoms with Crippen LogP contribution >= 0.6 is 23.2 Å². The maximum Gasteiger partial charge on any atom is 0.245 e. The number of hydrogen-bond acceptors (Lipinski definition) is 4. The molecule has 0 fully saturated rings. The largest absolute Gasteiger partial charge is 0.387 e. The summed E-state index contributed by atoms with van der Waals surface area (Å²) in [6, 6.07) is 4.77. The average Bonchev–Trinajstić information content (AvgIpc) is 2.27. The molecular formula is C10H12Cl2N2O3. The summed E-state index contributed by atoms with van der Waals surface area (Å²) >= 11 is 11.7. The topological polar surface area (TPSA) is 84.6 Å². The Hall–Kier alpha value is -0.850. The minimum absolute atomic E-state index is 0.0628. The molecule has 0 aliphatic carbocycles. The molecule has 0 spiro atoms. The van der Waals surface area contributed by atoms with Crippen LogP contribution in [0.5, 0.6) is 0 Å². The van der Waals surface area contributed by atoms with Gasteiger partial charge in [-0.1, -0.05) is 23.2 Å². The molecule has 1 amide bonds. The fourth-order valence-corrected chi connectivity index (χ4v) is 1.56. The standard InChI is InChI=1S/C10H12Cl2N2O3/c11-6-1-2-8(12)7(3-6)9(15)4-14-17-5-10(13)16/h1-3,9,14-15H,4-5H2,(H2,13,16). The van der Waals surface area contributed by atoms with E-state index >= 15 is 0 Å². The first-order valence-electron chi connectivity index (χ1n) is 4.76. The van der Waals surface area contributed by atoms with Crippen molar-refractivity contribution in [3.8, 4) is 0 Å². The highest BCUT2D eigenvalue weighted by atomic mass is 35.5. The van der Waals surface area contributed by atoms with Gasteiger partial charge in [-0.3, -0.25) is 9.63 Å². The van der Waals surface area contributed by atoms with Crippen molar-refractivity contribution in [2.75, 3.05) is 13.2 Å². The predicted octanol–water partition coefficient (Wildman–Crippen LogP) is 1.03. The highest BCUT2D eigenvalue weighted by Crippen LogP contribution is 2.25. The molecule has 0 heterocycles. The summed E-state index contributed by atoms with van der Waals surface area (Å²) in [6.07, 6.45) is -0.894. The number of hydroxylamine groups is 1. The van der Waals surface area contributed by atoms with Gasteiger partial charge in [0, 0.05) is 15.6 Å². The second kappa shape index (κ2) is 6.78. The van der Waals surface area contributed by atoms with Crippen LogP contribution in [0.2, 0.25) is 10.0 Å². The van der Waals surface area contributed by atoms with E-state index in [9.17, 15) is 9.90 Å². The van der Waals surface area contributed by atoms with E-state index in [0.717, 1.165) is 0 Å². The van der Waals surface area contributed by atoms with Crippen LogP contribution in [0.25, 0.3) is 0 Å². The molecule has 1 aromatic carbocycles. The fraction of sp³-hybridized carbons (Fsp3) is 0.300. The number of halogens is 2. The number of aliphatic hydroxyl groups is 1. The lowest BCUT2D eigenvalue weighted by Crippen LogP contribution is -2.28. The Morgan fingerprint density at radius 3 is 2.88 bits per heavy atom. The lowest BCUT2D eigenvalue weighted by atomic mass is 10.1. The van der Waals surface area contributed by atoms with E-state index in [-0.39, 0.29) is 13.2 Å². The summed E-state index contributed by atoms with van der Waals surface area (Å²) in [5, 5.41) is 10.7. The summed E-state index contributed by atoms with van der Waals surface area (Å²) in [6.45, 7) is -0.205. The van der Waals surface area contributed by atoms with Crippen molar-refractivity contribution in [1.29, 1.82) is 0 Å². The normalized spacial score (nSPS) is 12.4. The number of hydrogen-bond donors (Lipinski definition) is 3. The average molecular weight is 279 g/mol. The van der Waals surface area contributed by atoms with E-state index in [2.05, 4.69) is 5.48 Å². The maximum absolute atomic E-state index is 10.4. The summed E-state index contributed by atoms with van der Waals surface area (Å²) in [5.74, 6) is -0.604. The molecule has 1 rings (SSSR count). The molecule has 0 saturated heterocycles. The molecule has 1 aromatic rings. The second-order valence-corrected chi connectivity index (χ2v) is 4.13. The number of benzene rings is 1. The van der Waals surface area contributed by atoms with E-state index in [1.54, 1.807) is 18.2 Å². The van der Waals surface area contributed by atoms with E-state index in [0.29, 0.717) is 15.6 Å². The Balaban J connectivity index is 2.49. The minimum Gasteiger partial charge on any atom is -0.387 e. The first kappa shape index (κ1) is 14.2. The smallest absolute Gasteiger partial charge is 0.245 e. The Bertz CT molecular complexity index is 401. The lowest BCUT2D eigenvalue weighted by molar-refractivity contribution is -0.125. The van der Waals surface area contributed by atoms with Gasteiger partial charge in [0.1, 0.15) is 6.61 Å². The molecule has 0 aliphatic heterocycles. The van der Waals surface area contributed by atoms with E-state index in [1.165, 1.54) is 0 Å². The lowest BCUT2D eigenvalue weighted by Gasteiger charge is -2.13. The van der Waals surface area contributed by atoms with Gasteiger partial charge in [0.2, 0.25) is 5.91 Å². The molecule has 5 nitrogen and oxygen atoms in total. The Morgan fingerprint density at radius 2 is 2.24 bits per heavy atom. The molecule has 94 valence electrons. The van der Waals surface area contributed by atoms with Crippen LogP contribution in [0, 0.1) is 0 Å². The van der Waals surface area contributed by atoms with Gasteiger partial charge in [0.15, 0.2) is 0 Å². The number of nitrogens with two attached hydrogens (primary N) is 1. The predicted molar refractivity (Wildman–Crippen MR) is 64.6 cm³/mol. The van der Waals surface area contributed by atoms with Gasteiger partial charge < -0.3 is 10.8 Å². The molecule has 4 N–H and O–H groups in total. The molecular weight excluding hydrogens is 267 g/mol. The van der Waals surface area contributed by atoms with Crippen LogP contribution in [0.1, 0.15) is 11.7 Å². The van der Waals surface area contributed by atoms with Gasteiger partial charge in [0.25, 0.3) is 0 Å². The molecule has 0 radical (unpaired) electrons. The van der Waals surface area contributed by atoms with Crippen molar-refractivity contribution in [2.24, 2.45) is 5.73 Å². The third-order valence-corrected chi connectivity index (χ3v) is 2.49. The second-order valence-electron chi connectivity index (χ2n) is 3.29. The van der Waals surface area contributed by atoms with Crippen molar-refractivity contribution in [3.63, 3.8) is 0 Å². The SMILES string of the molecule is NC(=O)CONCC(O)c1cc(Cl)ccc1Cl. The zero-order valence-electron chi connectivity index (χ0n) is 8.82. The van der Waals surface area contributed by atoms with Crippen LogP contribution in [-0.4, -0.2) is 24.2 Å². The van der Waals surface area contributed by atoms with E-state index < -0.39 is 12.0 Å². The first-order chi connectivity index (χ1) is 8.00. The first-order valence-corrected chi connectivity index (χ1v) is 5.52. The van der Waals surface area contributed by atoms with E-state index in [1.807, 2.05) is 0 Å². The molecule has 0 bridgehead atoms. The number of carbonyl (C=O) groups is 1. The van der Waals surface area contributed by atoms with Crippen molar-refractivity contribution < 1.29 is 14.7 Å². The molecule has 0 aliphatic rings. The van der Waals surface area contributed by atoms with Crippen molar-refractivity contribution >= 4 is 29.1 Å².